The molecule has 2 amide bonds. The number of halogens is 1. The van der Waals surface area contributed by atoms with Gasteiger partial charge >= 0.3 is 0 Å². The molecule has 1 fully saturated rings. The van der Waals surface area contributed by atoms with Crippen LogP contribution in [0.25, 0.3) is 10.2 Å². The number of piperidine rings is 1. The number of aromatic nitrogens is 1. The average Bonchev–Trinajstić information content (AvgIpc) is 2.82. The lowest BCUT2D eigenvalue weighted by atomic mass is 10.1. The van der Waals surface area contributed by atoms with Crippen LogP contribution in [0.15, 0.2) is 18.2 Å². The third-order valence-electron chi connectivity index (χ3n) is 3.35. The van der Waals surface area contributed by atoms with E-state index in [0.717, 1.165) is 23.1 Å². The molecule has 0 spiro atoms. The fraction of sp³-hybridized carbons (Fsp3) is 0.357. The normalized spacial score (nSPS) is 15.5. The maximum absolute atomic E-state index is 12.0. The van der Waals surface area contributed by atoms with Crippen molar-refractivity contribution >= 4 is 50.1 Å². The Morgan fingerprint density at radius 1 is 1.43 bits per heavy atom. The van der Waals surface area contributed by atoms with Crippen molar-refractivity contribution in [3.05, 3.63) is 23.2 Å². The van der Waals surface area contributed by atoms with Crippen LogP contribution < -0.4 is 5.32 Å². The second-order valence-electron chi connectivity index (χ2n) is 4.95. The number of carbonyl (C=O) groups is 2. The van der Waals surface area contributed by atoms with Gasteiger partial charge < -0.3 is 10.2 Å². The lowest BCUT2D eigenvalue weighted by Gasteiger charge is -2.25. The zero-order chi connectivity index (χ0) is 14.8. The predicted molar refractivity (Wildman–Crippen MR) is 83.7 cm³/mol. The van der Waals surface area contributed by atoms with E-state index >= 15 is 0 Å². The van der Waals surface area contributed by atoms with Gasteiger partial charge in [0.15, 0.2) is 5.13 Å². The summed E-state index contributed by atoms with van der Waals surface area (Å²) in [6, 6.07) is 5.40. The lowest BCUT2D eigenvalue weighted by molar-refractivity contribution is -0.136. The van der Waals surface area contributed by atoms with Crippen molar-refractivity contribution in [2.24, 2.45) is 0 Å². The van der Waals surface area contributed by atoms with Crippen LogP contribution >= 0.6 is 22.9 Å². The van der Waals surface area contributed by atoms with Crippen LogP contribution in [0.4, 0.5) is 5.13 Å². The van der Waals surface area contributed by atoms with Crippen LogP contribution in [0.5, 0.6) is 0 Å². The Labute approximate surface area is 130 Å². The molecule has 1 aromatic carbocycles. The maximum atomic E-state index is 12.0. The minimum Gasteiger partial charge on any atom is -0.333 e. The van der Waals surface area contributed by atoms with E-state index in [2.05, 4.69) is 10.3 Å². The largest absolute Gasteiger partial charge is 0.333 e. The summed E-state index contributed by atoms with van der Waals surface area (Å²) < 4.78 is 0.923. The third kappa shape index (κ3) is 3.33. The zero-order valence-corrected chi connectivity index (χ0v) is 12.8. The Morgan fingerprint density at radius 2 is 2.29 bits per heavy atom. The monoisotopic (exact) mass is 323 g/mol. The van der Waals surface area contributed by atoms with Gasteiger partial charge in [0.25, 0.3) is 0 Å². The summed E-state index contributed by atoms with van der Waals surface area (Å²) in [5, 5.41) is 3.92. The maximum Gasteiger partial charge on any atom is 0.245 e. The lowest BCUT2D eigenvalue weighted by Crippen LogP contribution is -2.40. The summed E-state index contributed by atoms with van der Waals surface area (Å²) in [5.41, 5.74) is 0.800. The highest BCUT2D eigenvalue weighted by Crippen LogP contribution is 2.28. The predicted octanol–water partition coefficient (Wildman–Crippen LogP) is 2.90. The zero-order valence-electron chi connectivity index (χ0n) is 11.3. The highest BCUT2D eigenvalue weighted by molar-refractivity contribution is 7.22. The quantitative estimate of drug-likeness (QED) is 0.944. The number of fused-ring (bicyclic) bond motifs is 1. The number of nitrogens with zero attached hydrogens (tertiary/aromatic N) is 2. The highest BCUT2D eigenvalue weighted by atomic mass is 35.5. The van der Waals surface area contributed by atoms with Crippen molar-refractivity contribution in [1.82, 2.24) is 9.88 Å². The summed E-state index contributed by atoms with van der Waals surface area (Å²) in [7, 11) is 0. The number of likely N-dealkylation sites (tertiary alicyclic amines) is 1. The van der Waals surface area contributed by atoms with Gasteiger partial charge in [-0.3, -0.25) is 9.59 Å². The molecule has 0 atom stereocenters. The first-order valence-corrected chi connectivity index (χ1v) is 7.95. The number of hydrogen-bond donors (Lipinski definition) is 1. The van der Waals surface area contributed by atoms with E-state index in [1.807, 2.05) is 12.1 Å². The third-order valence-corrected chi connectivity index (χ3v) is 4.52. The van der Waals surface area contributed by atoms with Crippen LogP contribution in [0, 0.1) is 0 Å². The Kier molecular flexibility index (Phi) is 4.07. The topological polar surface area (TPSA) is 62.3 Å². The first-order chi connectivity index (χ1) is 10.1. The van der Waals surface area contributed by atoms with Crippen molar-refractivity contribution in [3.63, 3.8) is 0 Å². The SMILES string of the molecule is O=C(CN1CCCCC1=O)Nc1nc2ccc(Cl)cc2s1. The van der Waals surface area contributed by atoms with E-state index in [1.54, 1.807) is 11.0 Å². The van der Waals surface area contributed by atoms with Gasteiger partial charge in [-0.1, -0.05) is 22.9 Å². The summed E-state index contributed by atoms with van der Waals surface area (Å²) in [6.45, 7) is 0.747. The van der Waals surface area contributed by atoms with Gasteiger partial charge in [-0.05, 0) is 31.0 Å². The molecule has 7 heteroatoms. The van der Waals surface area contributed by atoms with E-state index in [1.165, 1.54) is 11.3 Å². The van der Waals surface area contributed by atoms with Gasteiger partial charge in [-0.15, -0.1) is 0 Å². The Morgan fingerprint density at radius 3 is 3.10 bits per heavy atom. The van der Waals surface area contributed by atoms with E-state index in [-0.39, 0.29) is 18.4 Å². The van der Waals surface area contributed by atoms with Crippen LogP contribution in [-0.2, 0) is 9.59 Å². The molecule has 5 nitrogen and oxygen atoms in total. The number of hydrogen-bond acceptors (Lipinski definition) is 4. The second-order valence-corrected chi connectivity index (χ2v) is 6.42. The summed E-state index contributed by atoms with van der Waals surface area (Å²) in [5.74, 6) is -0.164. The van der Waals surface area contributed by atoms with Crippen LogP contribution in [0.2, 0.25) is 5.02 Å². The molecule has 110 valence electrons. The Balaban J connectivity index is 1.66. The number of carbonyl (C=O) groups excluding carboxylic acids is 2. The highest BCUT2D eigenvalue weighted by Gasteiger charge is 2.20. The van der Waals surface area contributed by atoms with E-state index in [0.29, 0.717) is 23.1 Å². The number of thiazole rings is 1. The van der Waals surface area contributed by atoms with Crippen molar-refractivity contribution in [2.75, 3.05) is 18.4 Å². The molecular weight excluding hydrogens is 310 g/mol. The number of anilines is 1. The standard InChI is InChI=1S/C14H14ClN3O2S/c15-9-4-5-10-11(7-9)21-14(16-10)17-12(19)8-18-6-2-1-3-13(18)20/h4-5,7H,1-3,6,8H2,(H,16,17,19). The average molecular weight is 324 g/mol. The minimum atomic E-state index is -0.213. The van der Waals surface area contributed by atoms with Gasteiger partial charge in [-0.25, -0.2) is 4.98 Å². The fourth-order valence-electron chi connectivity index (χ4n) is 2.31. The molecule has 2 heterocycles. The molecule has 0 aliphatic carbocycles. The van der Waals surface area contributed by atoms with Gasteiger partial charge in [0.1, 0.15) is 0 Å². The molecule has 0 unspecified atom stereocenters. The van der Waals surface area contributed by atoms with Crippen LogP contribution in [0.3, 0.4) is 0 Å². The van der Waals surface area contributed by atoms with Crippen molar-refractivity contribution in [2.45, 2.75) is 19.3 Å². The summed E-state index contributed by atoms with van der Waals surface area (Å²) in [4.78, 5) is 29.6. The van der Waals surface area contributed by atoms with Crippen LogP contribution in [0.1, 0.15) is 19.3 Å². The molecule has 1 saturated heterocycles. The number of rotatable bonds is 3. The van der Waals surface area contributed by atoms with E-state index in [9.17, 15) is 9.59 Å². The van der Waals surface area contributed by atoms with Gasteiger partial charge in [0.05, 0.1) is 16.8 Å². The molecular formula is C14H14ClN3O2S. The minimum absolute atomic E-state index is 0.0486. The number of amides is 2. The molecule has 1 N–H and O–H groups in total. The van der Waals surface area contributed by atoms with Crippen molar-refractivity contribution < 1.29 is 9.59 Å². The molecule has 1 aliphatic heterocycles. The first-order valence-electron chi connectivity index (χ1n) is 6.75. The number of benzene rings is 1. The Hall–Kier alpha value is -1.66. The molecule has 21 heavy (non-hydrogen) atoms. The first kappa shape index (κ1) is 14.3. The molecule has 2 aromatic rings. The van der Waals surface area contributed by atoms with Crippen LogP contribution in [-0.4, -0.2) is 34.8 Å². The molecule has 0 bridgehead atoms. The van der Waals surface area contributed by atoms with Crippen molar-refractivity contribution in [1.29, 1.82) is 0 Å². The smallest absolute Gasteiger partial charge is 0.245 e. The fourth-order valence-corrected chi connectivity index (χ4v) is 3.47. The second kappa shape index (κ2) is 5.99. The molecule has 0 radical (unpaired) electrons. The van der Waals surface area contributed by atoms with E-state index in [4.69, 9.17) is 11.6 Å². The van der Waals surface area contributed by atoms with E-state index < -0.39 is 0 Å². The van der Waals surface area contributed by atoms with Crippen molar-refractivity contribution in [3.8, 4) is 0 Å². The number of nitrogens with one attached hydrogen (secondary N) is 1. The molecule has 0 saturated carbocycles. The van der Waals surface area contributed by atoms with Gasteiger partial charge in [0.2, 0.25) is 11.8 Å². The summed E-state index contributed by atoms with van der Waals surface area (Å²) in [6.07, 6.45) is 2.40. The molecule has 3 rings (SSSR count). The Bertz CT molecular complexity index is 701. The van der Waals surface area contributed by atoms with Gasteiger partial charge in [0, 0.05) is 18.0 Å². The summed E-state index contributed by atoms with van der Waals surface area (Å²) >= 11 is 7.30. The molecule has 1 aromatic heterocycles. The van der Waals surface area contributed by atoms with Gasteiger partial charge in [-0.2, -0.15) is 0 Å². The molecule has 1 aliphatic rings.